The Labute approximate surface area is 197 Å². The van der Waals surface area contributed by atoms with Crippen LogP contribution < -0.4 is 15.0 Å². The first kappa shape index (κ1) is 25.7. The van der Waals surface area contributed by atoms with Gasteiger partial charge in [-0.05, 0) is 32.0 Å². The van der Waals surface area contributed by atoms with Crippen molar-refractivity contribution in [2.75, 3.05) is 32.1 Å². The number of carbonyl (C=O) groups is 2. The highest BCUT2D eigenvalue weighted by molar-refractivity contribution is 6.04. The zero-order valence-electron chi connectivity index (χ0n) is 19.1. The number of alkyl halides is 3. The zero-order valence-corrected chi connectivity index (χ0v) is 19.1. The van der Waals surface area contributed by atoms with Gasteiger partial charge in [0.05, 0.1) is 24.5 Å². The molecule has 3 aromatic rings. The van der Waals surface area contributed by atoms with Gasteiger partial charge in [-0.2, -0.15) is 18.3 Å². The van der Waals surface area contributed by atoms with E-state index < -0.39 is 12.1 Å². The monoisotopic (exact) mass is 495 g/mol. The fourth-order valence-corrected chi connectivity index (χ4v) is 3.48. The van der Waals surface area contributed by atoms with Crippen molar-refractivity contribution in [2.45, 2.75) is 25.6 Å². The summed E-state index contributed by atoms with van der Waals surface area (Å²) in [5.74, 6) is -1.77. The van der Waals surface area contributed by atoms with Crippen molar-refractivity contribution >= 4 is 17.7 Å². The summed E-state index contributed by atoms with van der Waals surface area (Å²) < 4.78 is 39.0. The minimum atomic E-state index is -5.08. The number of carboxylic acids is 1. The lowest BCUT2D eigenvalue weighted by Crippen LogP contribution is -2.28. The summed E-state index contributed by atoms with van der Waals surface area (Å²) in [6.45, 7) is 3.67. The Morgan fingerprint density at radius 2 is 1.97 bits per heavy atom. The van der Waals surface area contributed by atoms with Crippen LogP contribution in [0.1, 0.15) is 28.6 Å². The number of hydrogen-bond acceptors (Lipinski definition) is 7. The Morgan fingerprint density at radius 1 is 1.29 bits per heavy atom. The maximum Gasteiger partial charge on any atom is 0.490 e. The summed E-state index contributed by atoms with van der Waals surface area (Å²) in [6.07, 6.45) is -4.10. The molecular formula is C21H24F3N7O4. The summed E-state index contributed by atoms with van der Waals surface area (Å²) in [5, 5.41) is 26.0. The van der Waals surface area contributed by atoms with Gasteiger partial charge in [0.15, 0.2) is 11.5 Å². The van der Waals surface area contributed by atoms with E-state index in [9.17, 15) is 18.0 Å². The van der Waals surface area contributed by atoms with Crippen molar-refractivity contribution in [1.82, 2.24) is 30.5 Å². The van der Waals surface area contributed by atoms with Crippen molar-refractivity contribution in [1.29, 1.82) is 0 Å². The van der Waals surface area contributed by atoms with Crippen LogP contribution in [0.3, 0.4) is 0 Å². The normalized spacial score (nSPS) is 15.3. The third-order valence-electron chi connectivity index (χ3n) is 5.36. The summed E-state index contributed by atoms with van der Waals surface area (Å²) in [6, 6.07) is 9.69. The Balaban J connectivity index is 0.000000429. The van der Waals surface area contributed by atoms with Crippen LogP contribution in [0, 0.1) is 6.92 Å². The number of ether oxygens (including phenoxy) is 1. The summed E-state index contributed by atoms with van der Waals surface area (Å²) in [4.78, 5) is 23.4. The summed E-state index contributed by atoms with van der Waals surface area (Å²) >= 11 is 0. The van der Waals surface area contributed by atoms with Crippen LogP contribution in [0.15, 0.2) is 30.3 Å². The highest BCUT2D eigenvalue weighted by atomic mass is 19.4. The number of aliphatic carboxylic acids is 1. The molecule has 11 nitrogen and oxygen atoms in total. The molecule has 0 spiro atoms. The van der Waals surface area contributed by atoms with Crippen molar-refractivity contribution in [3.8, 4) is 17.0 Å². The fraction of sp³-hybridized carbons (Fsp3) is 0.381. The first-order chi connectivity index (χ1) is 16.5. The first-order valence-corrected chi connectivity index (χ1v) is 10.4. The van der Waals surface area contributed by atoms with E-state index in [0.717, 1.165) is 42.2 Å². The van der Waals surface area contributed by atoms with E-state index in [4.69, 9.17) is 14.6 Å². The van der Waals surface area contributed by atoms with Crippen LogP contribution in [-0.2, 0) is 4.79 Å². The lowest BCUT2D eigenvalue weighted by Gasteiger charge is -2.14. The van der Waals surface area contributed by atoms with Gasteiger partial charge in [0.1, 0.15) is 5.75 Å². The number of anilines is 1. The van der Waals surface area contributed by atoms with Gasteiger partial charge in [-0.25, -0.2) is 9.48 Å². The molecule has 1 aliphatic rings. The molecule has 1 fully saturated rings. The van der Waals surface area contributed by atoms with Gasteiger partial charge in [0.2, 0.25) is 0 Å². The van der Waals surface area contributed by atoms with Crippen molar-refractivity contribution in [3.63, 3.8) is 0 Å². The molecule has 1 saturated heterocycles. The van der Waals surface area contributed by atoms with E-state index in [2.05, 4.69) is 25.8 Å². The van der Waals surface area contributed by atoms with Gasteiger partial charge in [-0.1, -0.05) is 17.3 Å². The lowest BCUT2D eigenvalue weighted by molar-refractivity contribution is -0.192. The van der Waals surface area contributed by atoms with Crippen LogP contribution >= 0.6 is 0 Å². The maximum atomic E-state index is 13.0. The molecule has 0 saturated carbocycles. The molecule has 14 heteroatoms. The van der Waals surface area contributed by atoms with Crippen LogP contribution in [0.25, 0.3) is 11.3 Å². The van der Waals surface area contributed by atoms with E-state index >= 15 is 0 Å². The van der Waals surface area contributed by atoms with Crippen molar-refractivity contribution < 1.29 is 32.6 Å². The van der Waals surface area contributed by atoms with Crippen molar-refractivity contribution in [2.24, 2.45) is 0 Å². The number of methoxy groups -OCH3 is 1. The molecule has 1 aromatic carbocycles. The van der Waals surface area contributed by atoms with E-state index in [1.807, 2.05) is 41.9 Å². The van der Waals surface area contributed by atoms with Gasteiger partial charge < -0.3 is 15.2 Å². The predicted molar refractivity (Wildman–Crippen MR) is 118 cm³/mol. The number of rotatable bonds is 5. The van der Waals surface area contributed by atoms with Crippen LogP contribution in [0.2, 0.25) is 0 Å². The molecule has 1 unspecified atom stereocenters. The minimum absolute atomic E-state index is 0.238. The Hall–Kier alpha value is -3.94. The average Bonchev–Trinajstić information content (AvgIpc) is 3.59. The number of nitrogens with zero attached hydrogens (tertiary/aromatic N) is 5. The Bertz CT molecular complexity index is 1190. The number of carbonyl (C=O) groups excluding carboxylic acids is 1. The van der Waals surface area contributed by atoms with Gasteiger partial charge in [-0.15, -0.1) is 5.10 Å². The molecule has 4 rings (SSSR count). The Kier molecular flexibility index (Phi) is 7.74. The molecule has 188 valence electrons. The molecule has 0 aliphatic carbocycles. The topological polar surface area (TPSA) is 138 Å². The summed E-state index contributed by atoms with van der Waals surface area (Å²) in [7, 11) is 3.30. The molecule has 1 aliphatic heterocycles. The number of H-pyrrole nitrogens is 1. The number of nitrogens with one attached hydrogen (secondary N) is 2. The zero-order chi connectivity index (χ0) is 25.8. The van der Waals surface area contributed by atoms with E-state index in [-0.39, 0.29) is 11.9 Å². The number of hydrogen-bond donors (Lipinski definition) is 3. The second kappa shape index (κ2) is 10.5. The number of aromatic nitrogens is 5. The number of para-hydroxylation sites is 1. The lowest BCUT2D eigenvalue weighted by atomic mass is 10.1. The highest BCUT2D eigenvalue weighted by Crippen LogP contribution is 2.30. The number of carboxylic acid groups (broad SMARTS) is 1. The molecule has 2 aromatic heterocycles. The number of halogens is 3. The van der Waals surface area contributed by atoms with Crippen molar-refractivity contribution in [3.05, 3.63) is 41.7 Å². The minimum Gasteiger partial charge on any atom is -0.496 e. The molecule has 1 atom stereocenters. The number of benzene rings is 1. The first-order valence-electron chi connectivity index (χ1n) is 10.4. The smallest absolute Gasteiger partial charge is 0.490 e. The fourth-order valence-electron chi connectivity index (χ4n) is 3.48. The molecule has 0 radical (unpaired) electrons. The molecule has 35 heavy (non-hydrogen) atoms. The Morgan fingerprint density at radius 3 is 2.57 bits per heavy atom. The SMILES string of the molecule is COc1ccccc1-c1cc(N(C)C(=O)c2nnn(C3CCNC3)c2C)n[nH]1.O=C(O)C(F)(F)F. The quantitative estimate of drug-likeness (QED) is 0.491. The van der Waals surface area contributed by atoms with Crippen LogP contribution in [0.4, 0.5) is 19.0 Å². The molecule has 0 bridgehead atoms. The van der Waals surface area contributed by atoms with Gasteiger partial charge in [0, 0.05) is 25.2 Å². The van der Waals surface area contributed by atoms with E-state index in [1.165, 1.54) is 4.90 Å². The number of aromatic amines is 1. The van der Waals surface area contributed by atoms with Gasteiger partial charge >= 0.3 is 12.1 Å². The molecule has 3 N–H and O–H groups in total. The van der Waals surface area contributed by atoms with Crippen LogP contribution in [0.5, 0.6) is 5.75 Å². The average molecular weight is 495 g/mol. The third kappa shape index (κ3) is 5.77. The highest BCUT2D eigenvalue weighted by Gasteiger charge is 2.38. The number of amides is 1. The van der Waals surface area contributed by atoms with E-state index in [1.54, 1.807) is 14.2 Å². The molecular weight excluding hydrogens is 471 g/mol. The van der Waals surface area contributed by atoms with Gasteiger partial charge in [0.25, 0.3) is 5.91 Å². The molecule has 3 heterocycles. The molecule has 1 amide bonds. The largest absolute Gasteiger partial charge is 0.496 e. The third-order valence-corrected chi connectivity index (χ3v) is 5.36. The second-order valence-electron chi connectivity index (χ2n) is 7.62. The second-order valence-corrected chi connectivity index (χ2v) is 7.62. The van der Waals surface area contributed by atoms with Crippen LogP contribution in [-0.4, -0.2) is 75.6 Å². The van der Waals surface area contributed by atoms with Gasteiger partial charge in [-0.3, -0.25) is 14.8 Å². The maximum absolute atomic E-state index is 13.0. The standard InChI is InChI=1S/C19H23N7O2.C2HF3O2/c1-12-18(23-24-26(12)13-8-9-20-11-13)19(27)25(2)17-10-15(21-22-17)14-6-4-5-7-16(14)28-3;3-2(4,5)1(6)7/h4-7,10,13,20H,8-9,11H2,1-3H3,(H,21,22);(H,6,7). The van der Waals surface area contributed by atoms with E-state index in [0.29, 0.717) is 11.5 Å². The summed E-state index contributed by atoms with van der Waals surface area (Å²) in [5.41, 5.74) is 2.76. The predicted octanol–water partition coefficient (Wildman–Crippen LogP) is 2.43.